The first-order valence-corrected chi connectivity index (χ1v) is 7.57. The molecule has 0 radical (unpaired) electrons. The molecule has 116 valence electrons. The van der Waals surface area contributed by atoms with Crippen molar-refractivity contribution in [3.63, 3.8) is 0 Å². The Morgan fingerprint density at radius 1 is 1.48 bits per heavy atom. The van der Waals surface area contributed by atoms with Crippen LogP contribution >= 0.6 is 0 Å². The van der Waals surface area contributed by atoms with Gasteiger partial charge in [0.15, 0.2) is 0 Å². The normalized spacial score (nSPS) is 22.7. The first kappa shape index (κ1) is 15.6. The van der Waals surface area contributed by atoms with Crippen LogP contribution in [0.4, 0.5) is 5.82 Å². The van der Waals surface area contributed by atoms with Crippen molar-refractivity contribution in [1.29, 1.82) is 0 Å². The summed E-state index contributed by atoms with van der Waals surface area (Å²) in [5, 5.41) is 13.3. The quantitative estimate of drug-likeness (QED) is 0.867. The van der Waals surface area contributed by atoms with Crippen LogP contribution in [-0.2, 0) is 11.8 Å². The minimum atomic E-state index is -0.932. The minimum Gasteiger partial charge on any atom is -0.478 e. The van der Waals surface area contributed by atoms with E-state index in [0.29, 0.717) is 6.04 Å². The highest BCUT2D eigenvalue weighted by molar-refractivity contribution is 5.87. The number of carboxylic acids is 1. The summed E-state index contributed by atoms with van der Waals surface area (Å²) >= 11 is 0. The molecule has 2 rings (SSSR count). The van der Waals surface area contributed by atoms with Crippen LogP contribution in [0, 0.1) is 12.8 Å². The minimum absolute atomic E-state index is 0.500. The first-order chi connectivity index (χ1) is 9.90. The number of carbonyl (C=O) groups is 1. The van der Waals surface area contributed by atoms with Crippen LogP contribution in [0.1, 0.15) is 43.9 Å². The van der Waals surface area contributed by atoms with Gasteiger partial charge in [-0.15, -0.1) is 0 Å². The van der Waals surface area contributed by atoms with E-state index in [2.05, 4.69) is 24.0 Å². The van der Waals surface area contributed by atoms with Gasteiger partial charge in [-0.1, -0.05) is 19.8 Å². The standard InChI is InChI=1S/C16H25N3O2/c1-11-6-5-7-13(10-11)18(3)16-14(8-9-15(20)21)12(2)17-19(16)4/h8-9,11,13H,5-7,10H2,1-4H3,(H,20,21). The molecule has 1 aromatic rings. The van der Waals surface area contributed by atoms with E-state index in [0.717, 1.165) is 23.0 Å². The third kappa shape index (κ3) is 3.46. The summed E-state index contributed by atoms with van der Waals surface area (Å²) in [6.07, 6.45) is 7.78. The fourth-order valence-electron chi connectivity index (χ4n) is 3.36. The Hall–Kier alpha value is -1.78. The second kappa shape index (κ2) is 6.33. The molecule has 1 fully saturated rings. The summed E-state index contributed by atoms with van der Waals surface area (Å²) in [6.45, 7) is 4.22. The fraction of sp³-hybridized carbons (Fsp3) is 0.625. The lowest BCUT2D eigenvalue weighted by Crippen LogP contribution is -2.37. The van der Waals surface area contributed by atoms with Crippen LogP contribution in [0.25, 0.3) is 6.08 Å². The Morgan fingerprint density at radius 2 is 2.19 bits per heavy atom. The Balaban J connectivity index is 2.31. The van der Waals surface area contributed by atoms with Crippen molar-refractivity contribution < 1.29 is 9.90 Å². The fourth-order valence-corrected chi connectivity index (χ4v) is 3.36. The van der Waals surface area contributed by atoms with E-state index in [-0.39, 0.29) is 0 Å². The summed E-state index contributed by atoms with van der Waals surface area (Å²) in [5.41, 5.74) is 1.77. The summed E-state index contributed by atoms with van der Waals surface area (Å²) in [5.74, 6) is 0.820. The van der Waals surface area contributed by atoms with Gasteiger partial charge in [0.25, 0.3) is 0 Å². The van der Waals surface area contributed by atoms with Gasteiger partial charge in [0, 0.05) is 31.8 Å². The van der Waals surface area contributed by atoms with E-state index >= 15 is 0 Å². The van der Waals surface area contributed by atoms with Gasteiger partial charge in [0.05, 0.1) is 5.69 Å². The molecule has 1 saturated carbocycles. The number of anilines is 1. The number of aryl methyl sites for hydroxylation is 2. The van der Waals surface area contributed by atoms with Gasteiger partial charge in [-0.25, -0.2) is 4.79 Å². The second-order valence-electron chi connectivity index (χ2n) is 6.15. The molecule has 5 nitrogen and oxygen atoms in total. The summed E-state index contributed by atoms with van der Waals surface area (Å²) in [7, 11) is 4.01. The predicted octanol–water partition coefficient (Wildman–Crippen LogP) is 2.84. The number of carboxylic acid groups (broad SMARTS) is 1. The van der Waals surface area contributed by atoms with E-state index in [1.807, 2.05) is 18.7 Å². The molecular weight excluding hydrogens is 266 g/mol. The lowest BCUT2D eigenvalue weighted by molar-refractivity contribution is -0.131. The number of aromatic nitrogens is 2. The Bertz CT molecular complexity index is 548. The van der Waals surface area contributed by atoms with Crippen molar-refractivity contribution >= 4 is 17.9 Å². The van der Waals surface area contributed by atoms with Crippen molar-refractivity contribution in [1.82, 2.24) is 9.78 Å². The molecular formula is C16H25N3O2. The van der Waals surface area contributed by atoms with Gasteiger partial charge in [-0.2, -0.15) is 5.10 Å². The number of hydrogen-bond donors (Lipinski definition) is 1. The number of hydrogen-bond acceptors (Lipinski definition) is 3. The SMILES string of the molecule is Cc1nn(C)c(N(C)C2CCCC(C)C2)c1C=CC(=O)O. The highest BCUT2D eigenvalue weighted by Crippen LogP contribution is 2.32. The molecule has 1 heterocycles. The molecule has 0 amide bonds. The lowest BCUT2D eigenvalue weighted by Gasteiger charge is -2.35. The monoisotopic (exact) mass is 291 g/mol. The average Bonchev–Trinajstić information content (AvgIpc) is 2.69. The molecule has 1 aromatic heterocycles. The van der Waals surface area contributed by atoms with Crippen LogP contribution in [0.2, 0.25) is 0 Å². The third-order valence-electron chi connectivity index (χ3n) is 4.42. The highest BCUT2D eigenvalue weighted by atomic mass is 16.4. The maximum atomic E-state index is 10.8. The third-order valence-corrected chi connectivity index (χ3v) is 4.42. The maximum absolute atomic E-state index is 10.8. The van der Waals surface area contributed by atoms with Crippen molar-refractivity contribution in [2.24, 2.45) is 13.0 Å². The molecule has 0 aliphatic heterocycles. The molecule has 0 bridgehead atoms. The topological polar surface area (TPSA) is 58.4 Å². The van der Waals surface area contributed by atoms with Crippen LogP contribution < -0.4 is 4.90 Å². The average molecular weight is 291 g/mol. The molecule has 2 unspecified atom stereocenters. The zero-order valence-corrected chi connectivity index (χ0v) is 13.3. The van der Waals surface area contributed by atoms with Crippen LogP contribution in [0.15, 0.2) is 6.08 Å². The van der Waals surface area contributed by atoms with Gasteiger partial charge in [0.2, 0.25) is 0 Å². The Labute approximate surface area is 126 Å². The van der Waals surface area contributed by atoms with Crippen molar-refractivity contribution in [2.45, 2.75) is 45.6 Å². The molecule has 0 spiro atoms. The van der Waals surface area contributed by atoms with Gasteiger partial charge in [0.1, 0.15) is 5.82 Å². The second-order valence-corrected chi connectivity index (χ2v) is 6.15. The van der Waals surface area contributed by atoms with Crippen LogP contribution in [0.5, 0.6) is 0 Å². The zero-order valence-electron chi connectivity index (χ0n) is 13.3. The summed E-state index contributed by atoms with van der Waals surface area (Å²) in [6, 6.07) is 0.500. The van der Waals surface area contributed by atoms with E-state index < -0.39 is 5.97 Å². The van der Waals surface area contributed by atoms with E-state index in [1.54, 1.807) is 6.08 Å². The van der Waals surface area contributed by atoms with E-state index in [1.165, 1.54) is 31.8 Å². The smallest absolute Gasteiger partial charge is 0.328 e. The zero-order chi connectivity index (χ0) is 15.6. The summed E-state index contributed by atoms with van der Waals surface area (Å²) < 4.78 is 1.86. The van der Waals surface area contributed by atoms with Gasteiger partial charge in [-0.3, -0.25) is 4.68 Å². The van der Waals surface area contributed by atoms with E-state index in [4.69, 9.17) is 5.11 Å². The molecule has 1 aliphatic carbocycles. The molecule has 2 atom stereocenters. The molecule has 1 aliphatic rings. The highest BCUT2D eigenvalue weighted by Gasteiger charge is 2.26. The molecule has 0 saturated heterocycles. The number of rotatable bonds is 4. The van der Waals surface area contributed by atoms with Crippen molar-refractivity contribution in [2.75, 3.05) is 11.9 Å². The van der Waals surface area contributed by atoms with Gasteiger partial charge >= 0.3 is 5.97 Å². The Kier molecular flexibility index (Phi) is 4.70. The number of nitrogens with zero attached hydrogens (tertiary/aromatic N) is 3. The molecule has 0 aromatic carbocycles. The van der Waals surface area contributed by atoms with Crippen LogP contribution in [-0.4, -0.2) is 33.9 Å². The van der Waals surface area contributed by atoms with Crippen molar-refractivity contribution in [3.8, 4) is 0 Å². The van der Waals surface area contributed by atoms with Crippen molar-refractivity contribution in [3.05, 3.63) is 17.3 Å². The van der Waals surface area contributed by atoms with Gasteiger partial charge < -0.3 is 10.0 Å². The predicted molar refractivity (Wildman–Crippen MR) is 84.4 cm³/mol. The van der Waals surface area contributed by atoms with Crippen LogP contribution in [0.3, 0.4) is 0 Å². The molecule has 5 heteroatoms. The van der Waals surface area contributed by atoms with Gasteiger partial charge in [-0.05, 0) is 31.8 Å². The lowest BCUT2D eigenvalue weighted by atomic mass is 9.86. The maximum Gasteiger partial charge on any atom is 0.328 e. The molecule has 1 N–H and O–H groups in total. The largest absolute Gasteiger partial charge is 0.478 e. The number of aliphatic carboxylic acids is 1. The first-order valence-electron chi connectivity index (χ1n) is 7.57. The Morgan fingerprint density at radius 3 is 2.81 bits per heavy atom. The summed E-state index contributed by atoms with van der Waals surface area (Å²) in [4.78, 5) is 13.1. The molecule has 21 heavy (non-hydrogen) atoms. The van der Waals surface area contributed by atoms with E-state index in [9.17, 15) is 4.79 Å².